The van der Waals surface area contributed by atoms with Crippen molar-refractivity contribution in [3.8, 4) is 0 Å². The minimum atomic E-state index is -1.18. The van der Waals surface area contributed by atoms with Gasteiger partial charge in [0.25, 0.3) is 5.69 Å². The first kappa shape index (κ1) is 18.9. The molecule has 2 N–H and O–H groups in total. The molecule has 2 aliphatic rings. The van der Waals surface area contributed by atoms with Crippen molar-refractivity contribution < 1.29 is 19.3 Å². The highest BCUT2D eigenvalue weighted by Crippen LogP contribution is 2.33. The van der Waals surface area contributed by atoms with Crippen LogP contribution in [0.5, 0.6) is 0 Å². The van der Waals surface area contributed by atoms with Gasteiger partial charge in [-0.15, -0.1) is 0 Å². The van der Waals surface area contributed by atoms with Gasteiger partial charge in [0, 0.05) is 17.3 Å². The lowest BCUT2D eigenvalue weighted by atomic mass is 10.00. The van der Waals surface area contributed by atoms with Crippen molar-refractivity contribution >= 4 is 46.4 Å². The van der Waals surface area contributed by atoms with Crippen LogP contribution in [0, 0.1) is 17.0 Å². The van der Waals surface area contributed by atoms with Crippen molar-refractivity contribution in [2.45, 2.75) is 38.8 Å². The van der Waals surface area contributed by atoms with Crippen LogP contribution in [-0.2, 0) is 14.4 Å². The molecule has 0 radical (unpaired) electrons. The van der Waals surface area contributed by atoms with E-state index in [1.165, 1.54) is 23.2 Å². The molecule has 0 bridgehead atoms. The Morgan fingerprint density at radius 2 is 2.07 bits per heavy atom. The van der Waals surface area contributed by atoms with E-state index in [1.54, 1.807) is 20.8 Å². The standard InChI is InChI=1S/C16H17N5O5S/c1-8-4-5-9(6-10(8)21(25)26)17-13(23)11-7-12(22)19-15(27)18-14(24)16(2,3)20(11)19/h4-6,11H,7H2,1-3H3,(H,17,23)(H,18,24,27). The molecule has 10 nitrogen and oxygen atoms in total. The van der Waals surface area contributed by atoms with Gasteiger partial charge >= 0.3 is 0 Å². The second kappa shape index (κ2) is 6.35. The molecule has 1 atom stereocenters. The topological polar surface area (TPSA) is 125 Å². The summed E-state index contributed by atoms with van der Waals surface area (Å²) in [6, 6.07) is 3.33. The molecule has 3 amide bonds. The number of thiocarbonyl (C=S) groups is 1. The minimum absolute atomic E-state index is 0.0781. The summed E-state index contributed by atoms with van der Waals surface area (Å²) >= 11 is 5.05. The summed E-state index contributed by atoms with van der Waals surface area (Å²) in [6.07, 6.45) is -0.168. The molecule has 0 spiro atoms. The molecule has 142 valence electrons. The van der Waals surface area contributed by atoms with Gasteiger partial charge in [0.15, 0.2) is 5.11 Å². The lowest BCUT2D eigenvalue weighted by molar-refractivity contribution is -0.385. The fourth-order valence-electron chi connectivity index (χ4n) is 3.17. The van der Waals surface area contributed by atoms with E-state index >= 15 is 0 Å². The quantitative estimate of drug-likeness (QED) is 0.445. The van der Waals surface area contributed by atoms with E-state index in [0.29, 0.717) is 5.56 Å². The first-order chi connectivity index (χ1) is 12.5. The van der Waals surface area contributed by atoms with E-state index in [1.807, 2.05) is 0 Å². The van der Waals surface area contributed by atoms with Crippen LogP contribution in [0.4, 0.5) is 11.4 Å². The summed E-state index contributed by atoms with van der Waals surface area (Å²) in [7, 11) is 0. The minimum Gasteiger partial charge on any atom is -0.324 e. The van der Waals surface area contributed by atoms with Gasteiger partial charge in [-0.2, -0.15) is 5.01 Å². The fraction of sp³-hybridized carbons (Fsp3) is 0.375. The number of fused-ring (bicyclic) bond motifs is 1. The summed E-state index contributed by atoms with van der Waals surface area (Å²) in [4.78, 5) is 48.0. The zero-order chi connectivity index (χ0) is 20.1. The zero-order valence-corrected chi connectivity index (χ0v) is 15.6. The molecule has 2 saturated heterocycles. The van der Waals surface area contributed by atoms with Gasteiger partial charge < -0.3 is 5.32 Å². The molecule has 2 fully saturated rings. The molecule has 2 heterocycles. The van der Waals surface area contributed by atoms with Crippen molar-refractivity contribution in [1.29, 1.82) is 0 Å². The van der Waals surface area contributed by atoms with E-state index < -0.39 is 34.2 Å². The lowest BCUT2D eigenvalue weighted by Crippen LogP contribution is -2.71. The fourth-order valence-corrected chi connectivity index (χ4v) is 3.45. The first-order valence-corrected chi connectivity index (χ1v) is 8.48. The van der Waals surface area contributed by atoms with Crippen LogP contribution >= 0.6 is 12.2 Å². The van der Waals surface area contributed by atoms with Gasteiger partial charge in [-0.3, -0.25) is 29.8 Å². The van der Waals surface area contributed by atoms with Crippen molar-refractivity contribution in [3.05, 3.63) is 33.9 Å². The number of nitrogens with zero attached hydrogens (tertiary/aromatic N) is 3. The Hall–Kier alpha value is -2.92. The number of carbonyl (C=O) groups is 3. The number of anilines is 1. The van der Waals surface area contributed by atoms with E-state index in [4.69, 9.17) is 12.2 Å². The average molecular weight is 391 g/mol. The molecule has 2 aliphatic heterocycles. The van der Waals surface area contributed by atoms with Crippen LogP contribution < -0.4 is 10.6 Å². The van der Waals surface area contributed by atoms with Crippen LogP contribution in [0.1, 0.15) is 25.8 Å². The molecule has 27 heavy (non-hydrogen) atoms. The normalized spacial score (nSPS) is 21.7. The van der Waals surface area contributed by atoms with E-state index in [0.717, 1.165) is 5.01 Å². The van der Waals surface area contributed by atoms with Gasteiger partial charge in [0.2, 0.25) is 17.7 Å². The van der Waals surface area contributed by atoms with Crippen molar-refractivity contribution in [2.24, 2.45) is 0 Å². The predicted molar refractivity (Wildman–Crippen MR) is 98.4 cm³/mol. The second-order valence-corrected chi connectivity index (χ2v) is 7.22. The molecular formula is C16H17N5O5S. The van der Waals surface area contributed by atoms with Crippen molar-refractivity contribution in [1.82, 2.24) is 15.3 Å². The first-order valence-electron chi connectivity index (χ1n) is 8.07. The number of hydrogen-bond acceptors (Lipinski definition) is 7. The summed E-state index contributed by atoms with van der Waals surface area (Å²) in [6.45, 7) is 4.74. The van der Waals surface area contributed by atoms with Crippen LogP contribution in [0.25, 0.3) is 0 Å². The SMILES string of the molecule is Cc1ccc(NC(=O)C2CC(=O)N3C(=S)NC(=O)C(C)(C)N23)cc1[N+](=O)[O-]. The summed E-state index contributed by atoms with van der Waals surface area (Å²) in [5, 5.41) is 18.5. The molecular weight excluding hydrogens is 374 g/mol. The van der Waals surface area contributed by atoms with E-state index in [-0.39, 0.29) is 22.9 Å². The molecule has 0 aliphatic carbocycles. The number of hydrazine groups is 1. The number of benzene rings is 1. The third-order valence-electron chi connectivity index (χ3n) is 4.63. The largest absolute Gasteiger partial charge is 0.324 e. The number of aryl methyl sites for hydroxylation is 1. The third-order valence-corrected chi connectivity index (χ3v) is 4.91. The van der Waals surface area contributed by atoms with E-state index in [9.17, 15) is 24.5 Å². The monoisotopic (exact) mass is 391 g/mol. The number of nitro groups is 1. The number of nitrogens with one attached hydrogen (secondary N) is 2. The smallest absolute Gasteiger partial charge is 0.274 e. The maximum Gasteiger partial charge on any atom is 0.274 e. The Kier molecular flexibility index (Phi) is 4.44. The van der Waals surface area contributed by atoms with Gasteiger partial charge in [-0.1, -0.05) is 6.07 Å². The van der Waals surface area contributed by atoms with Crippen LogP contribution in [0.15, 0.2) is 18.2 Å². The highest BCUT2D eigenvalue weighted by Gasteiger charge is 2.56. The summed E-state index contributed by atoms with van der Waals surface area (Å²) < 4.78 is 0. The molecule has 0 saturated carbocycles. The number of amides is 3. The average Bonchev–Trinajstić information content (AvgIpc) is 2.93. The number of rotatable bonds is 3. The molecule has 0 aromatic heterocycles. The summed E-state index contributed by atoms with van der Waals surface area (Å²) in [5.41, 5.74) is -0.629. The van der Waals surface area contributed by atoms with Crippen LogP contribution in [0.2, 0.25) is 0 Å². The van der Waals surface area contributed by atoms with Gasteiger partial charge in [-0.05, 0) is 39.1 Å². The lowest BCUT2D eigenvalue weighted by Gasteiger charge is -2.45. The van der Waals surface area contributed by atoms with E-state index in [2.05, 4.69) is 10.6 Å². The summed E-state index contributed by atoms with van der Waals surface area (Å²) in [5.74, 6) is -1.40. The number of hydrogen-bond donors (Lipinski definition) is 2. The van der Waals surface area contributed by atoms with Crippen molar-refractivity contribution in [3.63, 3.8) is 0 Å². The van der Waals surface area contributed by atoms with Crippen LogP contribution in [-0.4, -0.2) is 49.4 Å². The Balaban J connectivity index is 1.90. The molecule has 1 aromatic rings. The maximum atomic E-state index is 12.8. The Labute approximate surface area is 159 Å². The van der Waals surface area contributed by atoms with Gasteiger partial charge in [0.05, 0.1) is 11.3 Å². The Morgan fingerprint density at radius 1 is 1.41 bits per heavy atom. The molecule has 11 heteroatoms. The number of carbonyl (C=O) groups excluding carboxylic acids is 3. The zero-order valence-electron chi connectivity index (χ0n) is 14.8. The molecule has 1 unspecified atom stereocenters. The maximum absolute atomic E-state index is 12.8. The molecule has 1 aromatic carbocycles. The van der Waals surface area contributed by atoms with Crippen molar-refractivity contribution in [2.75, 3.05) is 5.32 Å². The van der Waals surface area contributed by atoms with Gasteiger partial charge in [-0.25, -0.2) is 5.01 Å². The highest BCUT2D eigenvalue weighted by atomic mass is 32.1. The molecule has 3 rings (SSSR count). The van der Waals surface area contributed by atoms with Crippen LogP contribution in [0.3, 0.4) is 0 Å². The highest BCUT2D eigenvalue weighted by molar-refractivity contribution is 7.80. The second-order valence-electron chi connectivity index (χ2n) is 6.84. The predicted octanol–water partition coefficient (Wildman–Crippen LogP) is 0.853. The number of nitro benzene ring substituents is 1. The Bertz CT molecular complexity index is 899. The third kappa shape index (κ3) is 3.04. The Morgan fingerprint density at radius 3 is 2.70 bits per heavy atom. The van der Waals surface area contributed by atoms with Gasteiger partial charge in [0.1, 0.15) is 11.6 Å².